The number of nitrogens with zero attached hydrogens (tertiary/aromatic N) is 1. The summed E-state index contributed by atoms with van der Waals surface area (Å²) in [5.74, 6) is 0.691. The van der Waals surface area contributed by atoms with Gasteiger partial charge in [0.25, 0.3) is 0 Å². The number of aromatic nitrogens is 1. The molecule has 76 valence electrons. The van der Waals surface area contributed by atoms with Crippen LogP contribution in [0.25, 0.3) is 6.08 Å². The quantitative estimate of drug-likeness (QED) is 0.787. The molecule has 1 aromatic rings. The molecule has 0 aliphatic carbocycles. The van der Waals surface area contributed by atoms with E-state index in [4.69, 9.17) is 4.74 Å². The van der Waals surface area contributed by atoms with Crippen LogP contribution in [0.15, 0.2) is 18.3 Å². The average molecular weight is 192 g/mol. The maximum Gasteiger partial charge on any atom is 0.215 e. The van der Waals surface area contributed by atoms with Crippen LogP contribution in [0.5, 0.6) is 5.88 Å². The summed E-state index contributed by atoms with van der Waals surface area (Å²) < 4.78 is 5.08. The van der Waals surface area contributed by atoms with Crippen LogP contribution >= 0.6 is 0 Å². The number of ether oxygens (including phenoxy) is 1. The van der Waals surface area contributed by atoms with E-state index in [0.29, 0.717) is 5.88 Å². The molecule has 0 aliphatic rings. The smallest absolute Gasteiger partial charge is 0.215 e. The Morgan fingerprint density at radius 3 is 2.93 bits per heavy atom. The van der Waals surface area contributed by atoms with Gasteiger partial charge in [0, 0.05) is 18.3 Å². The lowest BCUT2D eigenvalue weighted by Gasteiger charge is -2.03. The Bertz CT molecular complexity index is 321. The van der Waals surface area contributed by atoms with Crippen LogP contribution in [0, 0.1) is 6.92 Å². The molecule has 14 heavy (non-hydrogen) atoms. The topological polar surface area (TPSA) is 34.2 Å². The van der Waals surface area contributed by atoms with E-state index in [1.807, 2.05) is 20.0 Å². The maximum absolute atomic E-state index is 5.08. The molecular formula is C11H16N2O. The van der Waals surface area contributed by atoms with Gasteiger partial charge in [-0.1, -0.05) is 12.2 Å². The molecule has 0 fully saturated rings. The largest absolute Gasteiger partial charge is 0.481 e. The Hall–Kier alpha value is -1.35. The van der Waals surface area contributed by atoms with E-state index in [0.717, 1.165) is 17.7 Å². The zero-order valence-corrected chi connectivity index (χ0v) is 8.87. The molecule has 0 unspecified atom stereocenters. The molecule has 0 aromatic carbocycles. The van der Waals surface area contributed by atoms with Gasteiger partial charge in [0.15, 0.2) is 0 Å². The lowest BCUT2D eigenvalue weighted by Crippen LogP contribution is -2.03. The molecule has 0 aliphatic heterocycles. The molecule has 0 atom stereocenters. The van der Waals surface area contributed by atoms with Gasteiger partial charge < -0.3 is 10.1 Å². The van der Waals surface area contributed by atoms with E-state index in [1.54, 1.807) is 13.3 Å². The molecule has 1 aromatic heterocycles. The van der Waals surface area contributed by atoms with Crippen LogP contribution in [0.2, 0.25) is 0 Å². The van der Waals surface area contributed by atoms with Crippen LogP contribution in [-0.4, -0.2) is 25.7 Å². The molecule has 0 radical (unpaired) electrons. The predicted octanol–water partition coefficient (Wildman–Crippen LogP) is 1.63. The highest BCUT2D eigenvalue weighted by atomic mass is 16.5. The Kier molecular flexibility index (Phi) is 4.13. The van der Waals surface area contributed by atoms with Crippen molar-refractivity contribution in [1.82, 2.24) is 10.3 Å². The third kappa shape index (κ3) is 2.85. The summed E-state index contributed by atoms with van der Waals surface area (Å²) in [5.41, 5.74) is 2.15. The molecule has 1 heterocycles. The molecule has 0 bridgehead atoms. The van der Waals surface area contributed by atoms with E-state index >= 15 is 0 Å². The number of hydrogen-bond donors (Lipinski definition) is 1. The Morgan fingerprint density at radius 2 is 2.36 bits per heavy atom. The fraction of sp³-hybridized carbons (Fsp3) is 0.364. The number of rotatable bonds is 4. The number of hydrogen-bond acceptors (Lipinski definition) is 3. The zero-order chi connectivity index (χ0) is 10.4. The van der Waals surface area contributed by atoms with Crippen LogP contribution in [0.3, 0.4) is 0 Å². The Morgan fingerprint density at radius 1 is 1.57 bits per heavy atom. The van der Waals surface area contributed by atoms with Gasteiger partial charge in [-0.25, -0.2) is 4.98 Å². The van der Waals surface area contributed by atoms with Gasteiger partial charge in [-0.3, -0.25) is 0 Å². The van der Waals surface area contributed by atoms with Crippen molar-refractivity contribution in [3.8, 4) is 5.88 Å². The fourth-order valence-electron chi connectivity index (χ4n) is 1.20. The molecule has 0 saturated heterocycles. The average Bonchev–Trinajstić information content (AvgIpc) is 2.18. The standard InChI is InChI=1S/C11H16N2O/c1-9-7-10(5-4-6-12-2)8-13-11(9)14-3/h4-5,7-8,12H,6H2,1-3H3. The second kappa shape index (κ2) is 5.40. The first-order valence-corrected chi connectivity index (χ1v) is 4.59. The fourth-order valence-corrected chi connectivity index (χ4v) is 1.20. The van der Waals surface area contributed by atoms with Crippen molar-refractivity contribution in [2.24, 2.45) is 0 Å². The minimum atomic E-state index is 0.691. The molecular weight excluding hydrogens is 176 g/mol. The summed E-state index contributed by atoms with van der Waals surface area (Å²) in [5, 5.41) is 3.04. The molecule has 3 heteroatoms. The summed E-state index contributed by atoms with van der Waals surface area (Å²) in [6.45, 7) is 2.85. The first-order chi connectivity index (χ1) is 6.77. The van der Waals surface area contributed by atoms with Crippen LogP contribution in [-0.2, 0) is 0 Å². The lowest BCUT2D eigenvalue weighted by atomic mass is 10.2. The summed E-state index contributed by atoms with van der Waals surface area (Å²) in [4.78, 5) is 4.18. The predicted molar refractivity (Wildman–Crippen MR) is 58.5 cm³/mol. The number of likely N-dealkylation sites (N-methyl/N-ethyl adjacent to an activating group) is 1. The zero-order valence-electron chi connectivity index (χ0n) is 8.87. The van der Waals surface area contributed by atoms with E-state index in [1.165, 1.54) is 0 Å². The SMILES string of the molecule is CNCC=Cc1cnc(OC)c(C)c1. The van der Waals surface area contributed by atoms with Crippen LogP contribution < -0.4 is 10.1 Å². The number of pyridine rings is 1. The lowest BCUT2D eigenvalue weighted by molar-refractivity contribution is 0.394. The second-order valence-electron chi connectivity index (χ2n) is 3.05. The summed E-state index contributed by atoms with van der Waals surface area (Å²) in [6.07, 6.45) is 5.90. The van der Waals surface area contributed by atoms with Gasteiger partial charge in [-0.05, 0) is 25.6 Å². The van der Waals surface area contributed by atoms with Crippen molar-refractivity contribution in [1.29, 1.82) is 0 Å². The van der Waals surface area contributed by atoms with Crippen molar-refractivity contribution in [2.75, 3.05) is 20.7 Å². The molecule has 1 N–H and O–H groups in total. The highest BCUT2D eigenvalue weighted by Gasteiger charge is 1.98. The van der Waals surface area contributed by atoms with Crippen LogP contribution in [0.1, 0.15) is 11.1 Å². The van der Waals surface area contributed by atoms with Crippen molar-refractivity contribution < 1.29 is 4.74 Å². The normalized spacial score (nSPS) is 10.8. The first-order valence-electron chi connectivity index (χ1n) is 4.59. The van der Waals surface area contributed by atoms with Crippen molar-refractivity contribution in [3.63, 3.8) is 0 Å². The van der Waals surface area contributed by atoms with Gasteiger partial charge in [0.1, 0.15) is 0 Å². The minimum Gasteiger partial charge on any atom is -0.481 e. The number of methoxy groups -OCH3 is 1. The van der Waals surface area contributed by atoms with Gasteiger partial charge in [-0.15, -0.1) is 0 Å². The van der Waals surface area contributed by atoms with Crippen molar-refractivity contribution in [2.45, 2.75) is 6.92 Å². The first kappa shape index (κ1) is 10.7. The summed E-state index contributed by atoms with van der Waals surface area (Å²) in [6, 6.07) is 2.05. The van der Waals surface area contributed by atoms with Gasteiger partial charge in [0.05, 0.1) is 7.11 Å². The third-order valence-corrected chi connectivity index (χ3v) is 1.88. The van der Waals surface area contributed by atoms with E-state index in [9.17, 15) is 0 Å². The minimum absolute atomic E-state index is 0.691. The van der Waals surface area contributed by atoms with Gasteiger partial charge >= 0.3 is 0 Å². The van der Waals surface area contributed by atoms with E-state index in [-0.39, 0.29) is 0 Å². The second-order valence-corrected chi connectivity index (χ2v) is 3.05. The van der Waals surface area contributed by atoms with Crippen LogP contribution in [0.4, 0.5) is 0 Å². The maximum atomic E-state index is 5.08. The summed E-state index contributed by atoms with van der Waals surface area (Å²) >= 11 is 0. The van der Waals surface area contributed by atoms with Gasteiger partial charge in [-0.2, -0.15) is 0 Å². The molecule has 0 spiro atoms. The highest BCUT2D eigenvalue weighted by Crippen LogP contribution is 2.15. The number of nitrogens with one attached hydrogen (secondary N) is 1. The highest BCUT2D eigenvalue weighted by molar-refractivity contribution is 5.50. The van der Waals surface area contributed by atoms with Crippen molar-refractivity contribution in [3.05, 3.63) is 29.5 Å². The Labute approximate surface area is 84.8 Å². The third-order valence-electron chi connectivity index (χ3n) is 1.88. The summed E-state index contributed by atoms with van der Waals surface area (Å²) in [7, 11) is 3.55. The molecule has 3 nitrogen and oxygen atoms in total. The molecule has 0 amide bonds. The van der Waals surface area contributed by atoms with E-state index < -0.39 is 0 Å². The molecule has 1 rings (SSSR count). The number of aryl methyl sites for hydroxylation is 1. The van der Waals surface area contributed by atoms with E-state index in [2.05, 4.69) is 22.4 Å². The van der Waals surface area contributed by atoms with Crippen molar-refractivity contribution >= 4 is 6.08 Å². The van der Waals surface area contributed by atoms with Gasteiger partial charge in [0.2, 0.25) is 5.88 Å². The monoisotopic (exact) mass is 192 g/mol. The molecule has 0 saturated carbocycles. The Balaban J connectivity index is 2.76.